The van der Waals surface area contributed by atoms with Gasteiger partial charge < -0.3 is 9.30 Å². The summed E-state index contributed by atoms with van der Waals surface area (Å²) in [5.41, 5.74) is 0. The van der Waals surface area contributed by atoms with E-state index in [2.05, 4.69) is 10.3 Å². The Bertz CT molecular complexity index is 203. The van der Waals surface area contributed by atoms with Gasteiger partial charge >= 0.3 is 0 Å². The van der Waals surface area contributed by atoms with Crippen molar-refractivity contribution >= 4 is 0 Å². The first-order valence-electron chi connectivity index (χ1n) is 3.75. The summed E-state index contributed by atoms with van der Waals surface area (Å²) in [7, 11) is 0. The summed E-state index contributed by atoms with van der Waals surface area (Å²) in [6.45, 7) is 2.46. The van der Waals surface area contributed by atoms with Crippen molar-refractivity contribution in [1.29, 1.82) is 0 Å². The lowest BCUT2D eigenvalue weighted by Crippen LogP contribution is -2.37. The average molecular weight is 153 g/mol. The summed E-state index contributed by atoms with van der Waals surface area (Å²) in [5.74, 6) is 0. The van der Waals surface area contributed by atoms with Crippen LogP contribution in [0, 0.1) is 0 Å². The molecule has 2 rings (SSSR count). The van der Waals surface area contributed by atoms with Gasteiger partial charge in [0.2, 0.25) is 0 Å². The molecular weight excluding hydrogens is 142 g/mol. The van der Waals surface area contributed by atoms with Crippen LogP contribution in [0.1, 0.15) is 6.17 Å². The van der Waals surface area contributed by atoms with Crippen LogP contribution in [0.25, 0.3) is 0 Å². The van der Waals surface area contributed by atoms with Gasteiger partial charge in [-0.3, -0.25) is 5.32 Å². The molecule has 1 N–H and O–H groups in total. The second-order valence-corrected chi connectivity index (χ2v) is 2.55. The van der Waals surface area contributed by atoms with E-state index in [1.165, 1.54) is 0 Å². The summed E-state index contributed by atoms with van der Waals surface area (Å²) < 4.78 is 7.31. The molecule has 0 amide bonds. The van der Waals surface area contributed by atoms with Crippen molar-refractivity contribution in [3.63, 3.8) is 0 Å². The van der Waals surface area contributed by atoms with E-state index >= 15 is 0 Å². The van der Waals surface area contributed by atoms with Crippen molar-refractivity contribution in [2.75, 3.05) is 19.8 Å². The minimum absolute atomic E-state index is 0.270. The van der Waals surface area contributed by atoms with E-state index in [-0.39, 0.29) is 6.17 Å². The van der Waals surface area contributed by atoms with E-state index in [1.807, 2.05) is 10.8 Å². The maximum Gasteiger partial charge on any atom is 0.109 e. The molecule has 1 saturated heterocycles. The molecule has 0 aliphatic carbocycles. The van der Waals surface area contributed by atoms with Crippen molar-refractivity contribution in [3.05, 3.63) is 18.7 Å². The van der Waals surface area contributed by atoms with E-state index in [4.69, 9.17) is 4.74 Å². The Balaban J connectivity index is 2.04. The van der Waals surface area contributed by atoms with Crippen molar-refractivity contribution in [1.82, 2.24) is 14.9 Å². The van der Waals surface area contributed by atoms with Crippen LogP contribution in [-0.4, -0.2) is 29.3 Å². The van der Waals surface area contributed by atoms with Gasteiger partial charge in [-0.15, -0.1) is 0 Å². The summed E-state index contributed by atoms with van der Waals surface area (Å²) in [4.78, 5) is 3.96. The van der Waals surface area contributed by atoms with Gasteiger partial charge in [-0.25, -0.2) is 4.98 Å². The molecule has 1 aromatic rings. The van der Waals surface area contributed by atoms with Crippen LogP contribution < -0.4 is 5.32 Å². The molecule has 0 radical (unpaired) electrons. The van der Waals surface area contributed by atoms with Gasteiger partial charge in [-0.05, 0) is 0 Å². The molecule has 1 fully saturated rings. The fourth-order valence-corrected chi connectivity index (χ4v) is 1.20. The average Bonchev–Trinajstić information content (AvgIpc) is 2.58. The molecular formula is C7H11N3O. The topological polar surface area (TPSA) is 39.1 Å². The third-order valence-electron chi connectivity index (χ3n) is 1.79. The molecule has 1 aliphatic rings. The van der Waals surface area contributed by atoms with Gasteiger partial charge in [0.15, 0.2) is 0 Å². The lowest BCUT2D eigenvalue weighted by atomic mass is 10.4. The van der Waals surface area contributed by atoms with Gasteiger partial charge in [0.25, 0.3) is 0 Å². The van der Waals surface area contributed by atoms with Crippen molar-refractivity contribution in [2.45, 2.75) is 6.17 Å². The molecule has 0 saturated carbocycles. The zero-order valence-electron chi connectivity index (χ0n) is 6.23. The van der Waals surface area contributed by atoms with Crippen LogP contribution in [-0.2, 0) is 4.74 Å². The molecule has 2 heterocycles. The molecule has 0 aromatic carbocycles. The Labute approximate surface area is 65.2 Å². The van der Waals surface area contributed by atoms with Crippen LogP contribution >= 0.6 is 0 Å². The molecule has 4 nitrogen and oxygen atoms in total. The Morgan fingerprint density at radius 2 is 2.64 bits per heavy atom. The zero-order chi connectivity index (χ0) is 7.52. The highest BCUT2D eigenvalue weighted by Gasteiger charge is 2.12. The number of morpholine rings is 1. The Morgan fingerprint density at radius 3 is 3.27 bits per heavy atom. The Hall–Kier alpha value is -0.870. The Morgan fingerprint density at radius 1 is 1.64 bits per heavy atom. The minimum atomic E-state index is 0.270. The zero-order valence-corrected chi connectivity index (χ0v) is 6.23. The van der Waals surface area contributed by atoms with Gasteiger partial charge in [-0.1, -0.05) is 0 Å². The summed E-state index contributed by atoms with van der Waals surface area (Å²) in [5, 5.41) is 3.32. The van der Waals surface area contributed by atoms with E-state index in [0.717, 1.165) is 19.8 Å². The quantitative estimate of drug-likeness (QED) is 0.617. The highest BCUT2D eigenvalue weighted by molar-refractivity contribution is 4.80. The van der Waals surface area contributed by atoms with E-state index in [1.54, 1.807) is 12.5 Å². The maximum absolute atomic E-state index is 5.29. The van der Waals surface area contributed by atoms with E-state index in [0.29, 0.717) is 0 Å². The number of nitrogens with one attached hydrogen (secondary N) is 1. The second-order valence-electron chi connectivity index (χ2n) is 2.55. The monoisotopic (exact) mass is 153 g/mol. The van der Waals surface area contributed by atoms with Crippen LogP contribution in [0.5, 0.6) is 0 Å². The van der Waals surface area contributed by atoms with Gasteiger partial charge in [0, 0.05) is 18.9 Å². The highest BCUT2D eigenvalue weighted by atomic mass is 16.5. The van der Waals surface area contributed by atoms with Gasteiger partial charge in [-0.2, -0.15) is 0 Å². The van der Waals surface area contributed by atoms with E-state index < -0.39 is 0 Å². The second kappa shape index (κ2) is 3.02. The highest BCUT2D eigenvalue weighted by Crippen LogP contribution is 2.04. The number of ether oxygens (including phenoxy) is 1. The van der Waals surface area contributed by atoms with Crippen molar-refractivity contribution in [3.8, 4) is 0 Å². The number of rotatable bonds is 1. The van der Waals surface area contributed by atoms with Crippen LogP contribution in [0.15, 0.2) is 18.7 Å². The first kappa shape index (κ1) is 6.82. The molecule has 1 unspecified atom stereocenters. The number of nitrogens with zero attached hydrogens (tertiary/aromatic N) is 2. The smallest absolute Gasteiger partial charge is 0.109 e. The molecule has 1 aliphatic heterocycles. The molecule has 1 atom stereocenters. The lowest BCUT2D eigenvalue weighted by Gasteiger charge is -2.24. The number of hydrogen-bond donors (Lipinski definition) is 1. The van der Waals surface area contributed by atoms with Crippen LogP contribution in [0.3, 0.4) is 0 Å². The van der Waals surface area contributed by atoms with Crippen LogP contribution in [0.2, 0.25) is 0 Å². The molecule has 0 bridgehead atoms. The summed E-state index contributed by atoms with van der Waals surface area (Å²) >= 11 is 0. The largest absolute Gasteiger partial charge is 0.377 e. The van der Waals surface area contributed by atoms with Crippen LogP contribution in [0.4, 0.5) is 0 Å². The molecule has 0 spiro atoms. The fourth-order valence-electron chi connectivity index (χ4n) is 1.20. The summed E-state index contributed by atoms with van der Waals surface area (Å²) in [6, 6.07) is 0. The molecule has 4 heteroatoms. The fraction of sp³-hybridized carbons (Fsp3) is 0.571. The molecule has 1 aromatic heterocycles. The van der Waals surface area contributed by atoms with Gasteiger partial charge in [0.1, 0.15) is 6.17 Å². The lowest BCUT2D eigenvalue weighted by molar-refractivity contribution is 0.0532. The first-order chi connectivity index (χ1) is 5.47. The predicted octanol–water partition coefficient (Wildman–Crippen LogP) is 0.00150. The normalized spacial score (nSPS) is 25.3. The number of aromatic nitrogens is 2. The number of imidazole rings is 1. The molecule has 11 heavy (non-hydrogen) atoms. The Kier molecular flexibility index (Phi) is 1.87. The minimum Gasteiger partial charge on any atom is -0.377 e. The third kappa shape index (κ3) is 1.41. The standard InChI is InChI=1S/C7H11N3O/c1-3-10(6-8-1)7-5-11-4-2-9-7/h1,3,6-7,9H,2,4-5H2. The summed E-state index contributed by atoms with van der Waals surface area (Å²) in [6.07, 6.45) is 5.78. The van der Waals surface area contributed by atoms with Crippen molar-refractivity contribution in [2.24, 2.45) is 0 Å². The third-order valence-corrected chi connectivity index (χ3v) is 1.79. The SMILES string of the molecule is c1cn(C2COCCN2)cn1. The van der Waals surface area contributed by atoms with E-state index in [9.17, 15) is 0 Å². The number of hydrogen-bond acceptors (Lipinski definition) is 3. The maximum atomic E-state index is 5.29. The van der Waals surface area contributed by atoms with Gasteiger partial charge in [0.05, 0.1) is 19.5 Å². The predicted molar refractivity (Wildman–Crippen MR) is 40.1 cm³/mol. The molecule has 60 valence electrons. The van der Waals surface area contributed by atoms with Crippen molar-refractivity contribution < 1.29 is 4.74 Å². The first-order valence-corrected chi connectivity index (χ1v) is 3.75.